The molecule has 0 saturated carbocycles. The largest absolute Gasteiger partial charge is 0.370 e. The molecule has 0 atom stereocenters. The van der Waals surface area contributed by atoms with Gasteiger partial charge in [0.05, 0.1) is 6.54 Å². The first-order chi connectivity index (χ1) is 13.1. The number of unbranched alkanes of at least 4 members (excludes halogenated alkanes) is 9. The summed E-state index contributed by atoms with van der Waals surface area (Å²) in [6.45, 7) is 3.45. The Morgan fingerprint density at radius 2 is 1.33 bits per heavy atom. The SMILES string of the molecule is CCCCCCCCCCCCN=C(N)NC(N)=NCc1ccc(Cl)cc1. The Morgan fingerprint density at radius 3 is 1.93 bits per heavy atom. The van der Waals surface area contributed by atoms with Crippen LogP contribution < -0.4 is 16.8 Å². The van der Waals surface area contributed by atoms with Crippen molar-refractivity contribution >= 4 is 23.5 Å². The molecule has 0 radical (unpaired) electrons. The first-order valence-corrected chi connectivity index (χ1v) is 10.6. The van der Waals surface area contributed by atoms with Gasteiger partial charge in [-0.05, 0) is 24.1 Å². The molecule has 0 aliphatic heterocycles. The van der Waals surface area contributed by atoms with Crippen molar-refractivity contribution in [1.29, 1.82) is 0 Å². The van der Waals surface area contributed by atoms with E-state index in [1.807, 2.05) is 24.3 Å². The Labute approximate surface area is 169 Å². The molecule has 0 aliphatic carbocycles. The Morgan fingerprint density at radius 1 is 0.815 bits per heavy atom. The fraction of sp³-hybridized carbons (Fsp3) is 0.619. The maximum absolute atomic E-state index is 5.86. The minimum atomic E-state index is 0.272. The van der Waals surface area contributed by atoms with Gasteiger partial charge in [0.1, 0.15) is 0 Å². The number of nitrogens with two attached hydrogens (primary N) is 2. The maximum atomic E-state index is 5.86. The van der Waals surface area contributed by atoms with Crippen LogP contribution in [0, 0.1) is 0 Å². The predicted molar refractivity (Wildman–Crippen MR) is 118 cm³/mol. The van der Waals surface area contributed by atoms with Crippen LogP contribution in [-0.2, 0) is 6.54 Å². The molecule has 0 amide bonds. The van der Waals surface area contributed by atoms with Gasteiger partial charge in [-0.25, -0.2) is 4.99 Å². The first-order valence-electron chi connectivity index (χ1n) is 10.2. The van der Waals surface area contributed by atoms with E-state index in [4.69, 9.17) is 23.1 Å². The number of hydrogen-bond acceptors (Lipinski definition) is 2. The van der Waals surface area contributed by atoms with Crippen molar-refractivity contribution in [1.82, 2.24) is 5.32 Å². The summed E-state index contributed by atoms with van der Waals surface area (Å²) in [6, 6.07) is 7.50. The van der Waals surface area contributed by atoms with Crippen LogP contribution in [0.1, 0.15) is 76.7 Å². The number of nitrogens with zero attached hydrogens (tertiary/aromatic N) is 2. The highest BCUT2D eigenvalue weighted by molar-refractivity contribution is 6.30. The summed E-state index contributed by atoms with van der Waals surface area (Å²) < 4.78 is 0. The van der Waals surface area contributed by atoms with E-state index in [9.17, 15) is 0 Å². The van der Waals surface area contributed by atoms with E-state index < -0.39 is 0 Å². The van der Waals surface area contributed by atoms with Crippen LogP contribution >= 0.6 is 11.6 Å². The molecule has 5 nitrogen and oxygen atoms in total. The van der Waals surface area contributed by atoms with Crippen molar-refractivity contribution in [2.45, 2.75) is 77.7 Å². The van der Waals surface area contributed by atoms with Crippen LogP contribution in [0.15, 0.2) is 34.3 Å². The minimum Gasteiger partial charge on any atom is -0.370 e. The van der Waals surface area contributed by atoms with Crippen LogP contribution in [0.25, 0.3) is 0 Å². The zero-order valence-electron chi connectivity index (χ0n) is 16.7. The molecule has 0 aliphatic rings. The second-order valence-electron chi connectivity index (χ2n) is 6.90. The predicted octanol–water partition coefficient (Wildman–Crippen LogP) is 4.98. The fourth-order valence-electron chi connectivity index (χ4n) is 2.78. The van der Waals surface area contributed by atoms with E-state index in [-0.39, 0.29) is 5.96 Å². The van der Waals surface area contributed by atoms with Gasteiger partial charge in [0.15, 0.2) is 11.9 Å². The van der Waals surface area contributed by atoms with E-state index in [1.165, 1.54) is 57.8 Å². The second kappa shape index (κ2) is 15.3. The minimum absolute atomic E-state index is 0.272. The highest BCUT2D eigenvalue weighted by atomic mass is 35.5. The van der Waals surface area contributed by atoms with Gasteiger partial charge in [0, 0.05) is 11.6 Å². The van der Waals surface area contributed by atoms with Crippen LogP contribution in [-0.4, -0.2) is 18.5 Å². The number of halogens is 1. The lowest BCUT2D eigenvalue weighted by Gasteiger charge is -2.05. The van der Waals surface area contributed by atoms with Gasteiger partial charge in [0.2, 0.25) is 0 Å². The average Bonchev–Trinajstić information content (AvgIpc) is 2.65. The number of nitrogens with one attached hydrogen (secondary N) is 1. The number of rotatable bonds is 13. The van der Waals surface area contributed by atoms with Gasteiger partial charge in [-0.15, -0.1) is 0 Å². The molecular formula is C21H36ClN5. The summed E-state index contributed by atoms with van der Waals surface area (Å²) in [7, 11) is 0. The molecule has 152 valence electrons. The number of aliphatic imine (C=N–C) groups is 2. The first kappa shape index (κ1) is 23.3. The molecule has 0 spiro atoms. The van der Waals surface area contributed by atoms with E-state index in [1.54, 1.807) is 0 Å². The smallest absolute Gasteiger partial charge is 0.195 e. The summed E-state index contributed by atoms with van der Waals surface area (Å²) in [5.74, 6) is 0.595. The van der Waals surface area contributed by atoms with Crippen LogP contribution in [0.4, 0.5) is 0 Å². The highest BCUT2D eigenvalue weighted by Gasteiger charge is 1.97. The quantitative estimate of drug-likeness (QED) is 0.251. The fourth-order valence-corrected chi connectivity index (χ4v) is 2.90. The Kier molecular flexibility index (Phi) is 13.2. The summed E-state index contributed by atoms with van der Waals surface area (Å²) in [4.78, 5) is 8.55. The van der Waals surface area contributed by atoms with E-state index >= 15 is 0 Å². The molecule has 0 heterocycles. The van der Waals surface area contributed by atoms with Crippen LogP contribution in [0.2, 0.25) is 5.02 Å². The number of guanidine groups is 2. The van der Waals surface area contributed by atoms with Crippen LogP contribution in [0.3, 0.4) is 0 Å². The van der Waals surface area contributed by atoms with Crippen molar-refractivity contribution in [3.8, 4) is 0 Å². The lowest BCUT2D eigenvalue weighted by Crippen LogP contribution is -2.41. The summed E-state index contributed by atoms with van der Waals surface area (Å²) in [5, 5.41) is 3.53. The van der Waals surface area contributed by atoms with Gasteiger partial charge < -0.3 is 11.5 Å². The monoisotopic (exact) mass is 393 g/mol. The molecule has 0 aromatic heterocycles. The normalized spacial score (nSPS) is 12.4. The molecule has 1 aromatic carbocycles. The van der Waals surface area contributed by atoms with Crippen LogP contribution in [0.5, 0.6) is 0 Å². The van der Waals surface area contributed by atoms with Gasteiger partial charge in [-0.3, -0.25) is 10.3 Å². The molecule has 1 rings (SSSR count). The third-order valence-electron chi connectivity index (χ3n) is 4.40. The third kappa shape index (κ3) is 13.1. The van der Waals surface area contributed by atoms with Crippen molar-refractivity contribution in [2.24, 2.45) is 21.5 Å². The zero-order valence-corrected chi connectivity index (χ0v) is 17.5. The number of hydrogen-bond donors (Lipinski definition) is 3. The maximum Gasteiger partial charge on any atom is 0.195 e. The van der Waals surface area contributed by atoms with Crippen molar-refractivity contribution in [3.63, 3.8) is 0 Å². The average molecular weight is 394 g/mol. The molecule has 0 fully saturated rings. The molecular weight excluding hydrogens is 358 g/mol. The summed E-state index contributed by atoms with van der Waals surface area (Å²) in [5.41, 5.74) is 12.7. The van der Waals surface area contributed by atoms with Gasteiger partial charge >= 0.3 is 0 Å². The molecule has 27 heavy (non-hydrogen) atoms. The summed E-state index contributed by atoms with van der Waals surface area (Å²) in [6.07, 6.45) is 13.1. The number of benzene rings is 1. The molecule has 0 saturated heterocycles. The van der Waals surface area contributed by atoms with E-state index in [0.717, 1.165) is 18.5 Å². The molecule has 5 N–H and O–H groups in total. The van der Waals surface area contributed by atoms with Gasteiger partial charge in [0.25, 0.3) is 0 Å². The Balaban J connectivity index is 2.07. The lowest BCUT2D eigenvalue weighted by atomic mass is 10.1. The summed E-state index contributed by atoms with van der Waals surface area (Å²) >= 11 is 5.86. The second-order valence-corrected chi connectivity index (χ2v) is 7.34. The zero-order chi connectivity index (χ0) is 19.7. The Hall–Kier alpha value is -1.75. The molecule has 6 heteroatoms. The standard InChI is InChI=1S/C21H36ClN5/c1-2-3-4-5-6-7-8-9-10-11-16-25-20(23)27-21(24)26-17-18-12-14-19(22)15-13-18/h12-15H,2-11,16-17H2,1H3,(H5,23,24,25,26,27). The topological polar surface area (TPSA) is 88.8 Å². The van der Waals surface area contributed by atoms with Gasteiger partial charge in [-0.2, -0.15) is 0 Å². The van der Waals surface area contributed by atoms with Gasteiger partial charge in [-0.1, -0.05) is 88.4 Å². The molecule has 1 aromatic rings. The van der Waals surface area contributed by atoms with Crippen molar-refractivity contribution < 1.29 is 0 Å². The molecule has 0 bridgehead atoms. The van der Waals surface area contributed by atoms with Crippen molar-refractivity contribution in [2.75, 3.05) is 6.54 Å². The van der Waals surface area contributed by atoms with E-state index in [2.05, 4.69) is 22.2 Å². The lowest BCUT2D eigenvalue weighted by molar-refractivity contribution is 0.558. The molecule has 0 unspecified atom stereocenters. The Bertz CT molecular complexity index is 554. The van der Waals surface area contributed by atoms with E-state index in [0.29, 0.717) is 17.5 Å². The third-order valence-corrected chi connectivity index (χ3v) is 4.65. The highest BCUT2D eigenvalue weighted by Crippen LogP contribution is 2.11. The van der Waals surface area contributed by atoms with Crippen molar-refractivity contribution in [3.05, 3.63) is 34.9 Å².